The number of carbonyl (C=O) groups is 1. The lowest BCUT2D eigenvalue weighted by Gasteiger charge is -2.05. The van der Waals surface area contributed by atoms with Crippen LogP contribution in [0.2, 0.25) is 0 Å². The first-order valence-electron chi connectivity index (χ1n) is 5.16. The monoisotopic (exact) mass is 234 g/mol. The fourth-order valence-electron chi connectivity index (χ4n) is 1.65. The van der Waals surface area contributed by atoms with Crippen LogP contribution in [0.4, 0.5) is 0 Å². The van der Waals surface area contributed by atoms with Crippen molar-refractivity contribution in [3.8, 4) is 0 Å². The summed E-state index contributed by atoms with van der Waals surface area (Å²) in [7, 11) is 0. The number of nitrogens with one attached hydrogen (secondary N) is 2. The van der Waals surface area contributed by atoms with E-state index in [0.717, 1.165) is 22.2 Å². The van der Waals surface area contributed by atoms with Gasteiger partial charge in [-0.05, 0) is 24.5 Å². The van der Waals surface area contributed by atoms with Gasteiger partial charge in [0.25, 0.3) is 5.91 Å². The molecule has 1 amide bonds. The summed E-state index contributed by atoms with van der Waals surface area (Å²) in [5.74, 6) is 0.939. The van der Waals surface area contributed by atoms with E-state index in [9.17, 15) is 4.79 Å². The Hall–Kier alpha value is -1.42. The number of rotatable bonds is 4. The van der Waals surface area contributed by atoms with E-state index in [0.29, 0.717) is 6.54 Å². The molecule has 84 valence electrons. The zero-order valence-electron chi connectivity index (χ0n) is 9.12. The fourth-order valence-corrected chi connectivity index (χ4v) is 1.95. The van der Waals surface area contributed by atoms with Gasteiger partial charge in [0.15, 0.2) is 0 Å². The van der Waals surface area contributed by atoms with E-state index >= 15 is 0 Å². The SMILES string of the molecule is CSCCNC(=O)c1cccc2[nH]ccc12. The third-order valence-electron chi connectivity index (χ3n) is 2.43. The molecule has 0 spiro atoms. The maximum Gasteiger partial charge on any atom is 0.251 e. The second-order valence-electron chi connectivity index (χ2n) is 3.49. The molecular formula is C12H14N2OS. The number of hydrogen-bond donors (Lipinski definition) is 2. The van der Waals surface area contributed by atoms with Crippen LogP contribution in [0.5, 0.6) is 0 Å². The lowest BCUT2D eigenvalue weighted by atomic mass is 10.1. The van der Waals surface area contributed by atoms with Crippen molar-refractivity contribution in [2.75, 3.05) is 18.6 Å². The Labute approximate surface area is 98.6 Å². The Balaban J connectivity index is 2.19. The number of aromatic amines is 1. The van der Waals surface area contributed by atoms with E-state index in [1.165, 1.54) is 0 Å². The fraction of sp³-hybridized carbons (Fsp3) is 0.250. The van der Waals surface area contributed by atoms with Gasteiger partial charge in [0.05, 0.1) is 0 Å². The summed E-state index contributed by atoms with van der Waals surface area (Å²) >= 11 is 1.72. The van der Waals surface area contributed by atoms with E-state index in [-0.39, 0.29) is 5.91 Å². The predicted molar refractivity (Wildman–Crippen MR) is 69.0 cm³/mol. The average Bonchev–Trinajstić information content (AvgIpc) is 2.76. The van der Waals surface area contributed by atoms with Gasteiger partial charge in [-0.25, -0.2) is 0 Å². The highest BCUT2D eigenvalue weighted by atomic mass is 32.2. The molecular weight excluding hydrogens is 220 g/mol. The zero-order chi connectivity index (χ0) is 11.4. The van der Waals surface area contributed by atoms with E-state index in [1.807, 2.05) is 36.7 Å². The molecule has 0 radical (unpaired) electrons. The third-order valence-corrected chi connectivity index (χ3v) is 3.04. The minimum Gasteiger partial charge on any atom is -0.361 e. The van der Waals surface area contributed by atoms with E-state index < -0.39 is 0 Å². The molecule has 0 saturated heterocycles. The smallest absolute Gasteiger partial charge is 0.251 e. The van der Waals surface area contributed by atoms with Gasteiger partial charge in [-0.3, -0.25) is 4.79 Å². The van der Waals surface area contributed by atoms with Crippen LogP contribution >= 0.6 is 11.8 Å². The molecule has 3 nitrogen and oxygen atoms in total. The van der Waals surface area contributed by atoms with E-state index in [1.54, 1.807) is 11.8 Å². The molecule has 2 aromatic rings. The van der Waals surface area contributed by atoms with E-state index in [4.69, 9.17) is 0 Å². The summed E-state index contributed by atoms with van der Waals surface area (Å²) in [5, 5.41) is 3.88. The molecule has 2 rings (SSSR count). The molecule has 0 aliphatic heterocycles. The molecule has 4 heteroatoms. The van der Waals surface area contributed by atoms with Crippen LogP contribution in [-0.4, -0.2) is 29.4 Å². The van der Waals surface area contributed by atoms with Crippen LogP contribution in [0.15, 0.2) is 30.5 Å². The van der Waals surface area contributed by atoms with Gasteiger partial charge in [0.2, 0.25) is 0 Å². The normalized spacial score (nSPS) is 10.6. The molecule has 1 aromatic carbocycles. The summed E-state index contributed by atoms with van der Waals surface area (Å²) in [5.41, 5.74) is 1.73. The highest BCUT2D eigenvalue weighted by molar-refractivity contribution is 7.98. The number of H-pyrrole nitrogens is 1. The minimum atomic E-state index is -0.000694. The van der Waals surface area contributed by atoms with Crippen LogP contribution < -0.4 is 5.32 Å². The maximum absolute atomic E-state index is 11.9. The van der Waals surface area contributed by atoms with Crippen LogP contribution in [0.1, 0.15) is 10.4 Å². The Kier molecular flexibility index (Phi) is 3.51. The van der Waals surface area contributed by atoms with Crippen molar-refractivity contribution >= 4 is 28.6 Å². The topological polar surface area (TPSA) is 44.9 Å². The molecule has 0 fully saturated rings. The summed E-state index contributed by atoms with van der Waals surface area (Å²) in [6.45, 7) is 0.709. The molecule has 2 N–H and O–H groups in total. The van der Waals surface area contributed by atoms with Gasteiger partial charge >= 0.3 is 0 Å². The number of aromatic nitrogens is 1. The van der Waals surface area contributed by atoms with Crippen molar-refractivity contribution in [3.63, 3.8) is 0 Å². The largest absolute Gasteiger partial charge is 0.361 e. The van der Waals surface area contributed by atoms with Crippen molar-refractivity contribution in [2.45, 2.75) is 0 Å². The number of carbonyl (C=O) groups excluding carboxylic acids is 1. The van der Waals surface area contributed by atoms with Crippen molar-refractivity contribution in [3.05, 3.63) is 36.0 Å². The number of thioether (sulfide) groups is 1. The second kappa shape index (κ2) is 5.07. The van der Waals surface area contributed by atoms with E-state index in [2.05, 4.69) is 10.3 Å². The first kappa shape index (κ1) is 11.1. The highest BCUT2D eigenvalue weighted by Crippen LogP contribution is 2.16. The molecule has 0 aliphatic carbocycles. The van der Waals surface area contributed by atoms with Gasteiger partial charge in [-0.2, -0.15) is 11.8 Å². The van der Waals surface area contributed by atoms with Crippen LogP contribution in [0.3, 0.4) is 0 Å². The van der Waals surface area contributed by atoms with Gasteiger partial charge in [-0.15, -0.1) is 0 Å². The molecule has 1 aromatic heterocycles. The second-order valence-corrected chi connectivity index (χ2v) is 4.48. The van der Waals surface area contributed by atoms with Gasteiger partial charge in [0.1, 0.15) is 0 Å². The number of fused-ring (bicyclic) bond motifs is 1. The number of amides is 1. The molecule has 0 atom stereocenters. The third kappa shape index (κ3) is 2.22. The summed E-state index contributed by atoms with van der Waals surface area (Å²) in [6, 6.07) is 7.64. The minimum absolute atomic E-state index is 0.000694. The Morgan fingerprint density at radius 2 is 2.31 bits per heavy atom. The van der Waals surface area contributed by atoms with Crippen molar-refractivity contribution in [1.29, 1.82) is 0 Å². The predicted octanol–water partition coefficient (Wildman–Crippen LogP) is 2.26. The first-order valence-corrected chi connectivity index (χ1v) is 6.55. The summed E-state index contributed by atoms with van der Waals surface area (Å²) in [4.78, 5) is 15.0. The highest BCUT2D eigenvalue weighted by Gasteiger charge is 2.09. The Morgan fingerprint density at radius 3 is 3.12 bits per heavy atom. The average molecular weight is 234 g/mol. The lowest BCUT2D eigenvalue weighted by Crippen LogP contribution is -2.25. The molecule has 0 unspecified atom stereocenters. The van der Waals surface area contributed by atoms with Crippen molar-refractivity contribution in [1.82, 2.24) is 10.3 Å². The number of benzene rings is 1. The zero-order valence-corrected chi connectivity index (χ0v) is 9.93. The van der Waals surface area contributed by atoms with Crippen LogP contribution in [0.25, 0.3) is 10.9 Å². The molecule has 0 bridgehead atoms. The van der Waals surface area contributed by atoms with Crippen LogP contribution in [0, 0.1) is 0 Å². The number of hydrogen-bond acceptors (Lipinski definition) is 2. The van der Waals surface area contributed by atoms with Crippen molar-refractivity contribution < 1.29 is 4.79 Å². The standard InChI is InChI=1S/C12H14N2OS/c1-16-8-7-14-12(15)10-3-2-4-11-9(10)5-6-13-11/h2-6,13H,7-8H2,1H3,(H,14,15). The molecule has 0 saturated carbocycles. The Morgan fingerprint density at radius 1 is 1.44 bits per heavy atom. The Bertz CT molecular complexity index is 492. The molecule has 0 aliphatic rings. The van der Waals surface area contributed by atoms with Gasteiger partial charge in [0, 0.05) is 35.0 Å². The summed E-state index contributed by atoms with van der Waals surface area (Å²) in [6.07, 6.45) is 3.88. The van der Waals surface area contributed by atoms with Crippen molar-refractivity contribution in [2.24, 2.45) is 0 Å². The molecule has 16 heavy (non-hydrogen) atoms. The summed E-state index contributed by atoms with van der Waals surface area (Å²) < 4.78 is 0. The first-order chi connectivity index (χ1) is 7.83. The van der Waals surface area contributed by atoms with Crippen LogP contribution in [-0.2, 0) is 0 Å². The maximum atomic E-state index is 11.9. The van der Waals surface area contributed by atoms with Gasteiger partial charge in [-0.1, -0.05) is 6.07 Å². The quantitative estimate of drug-likeness (QED) is 0.797. The van der Waals surface area contributed by atoms with Gasteiger partial charge < -0.3 is 10.3 Å². The molecule has 1 heterocycles. The lowest BCUT2D eigenvalue weighted by molar-refractivity contribution is 0.0958.